The molecule has 4 fully saturated rings. The normalized spacial score (nSPS) is 23.1. The summed E-state index contributed by atoms with van der Waals surface area (Å²) >= 11 is 1.51. The third-order valence-corrected chi connectivity index (χ3v) is 11.5. The molecule has 0 amide bonds. The van der Waals surface area contributed by atoms with Crippen LogP contribution in [0.4, 0.5) is 0 Å². The van der Waals surface area contributed by atoms with Crippen molar-refractivity contribution in [2.24, 2.45) is 17.8 Å². The molecule has 248 valence electrons. The molecule has 4 aromatic carbocycles. The maximum Gasteiger partial charge on any atom is -0.0411 e. The third kappa shape index (κ3) is 8.75. The molecule has 0 unspecified atom stereocenters. The van der Waals surface area contributed by atoms with Gasteiger partial charge in [0.05, 0.1) is 0 Å². The van der Waals surface area contributed by atoms with E-state index >= 15 is 0 Å². The Kier molecular flexibility index (Phi) is 12.6. The zero-order valence-electron chi connectivity index (χ0n) is 29.3. The molecular weight excluding hydrogens is 691 g/mol. The summed E-state index contributed by atoms with van der Waals surface area (Å²) in [6.45, 7) is 13.6. The zero-order valence-corrected chi connectivity index (χ0v) is 33.3. The molecule has 0 N–H and O–H groups in total. The second-order valence-electron chi connectivity index (χ2n) is 16.6. The van der Waals surface area contributed by atoms with Crippen molar-refractivity contribution in [2.75, 3.05) is 0 Å². The van der Waals surface area contributed by atoms with Gasteiger partial charge in [-0.3, -0.25) is 0 Å². The molecule has 0 spiro atoms. The molecule has 0 heterocycles. The number of rotatable bonds is 3. The Morgan fingerprint density at radius 2 is 1.38 bits per heavy atom. The molecule has 9 rings (SSSR count). The summed E-state index contributed by atoms with van der Waals surface area (Å²) in [4.78, 5) is 0. The van der Waals surface area contributed by atoms with Crippen molar-refractivity contribution < 1.29 is 49.0 Å². The second-order valence-corrected chi connectivity index (χ2v) is 17.6. The van der Waals surface area contributed by atoms with Crippen LogP contribution in [0.5, 0.6) is 0 Å². The standard InChI is InChI=1S/C21H25.C15H19.C8H8.2ClH.Zr/c1-20(2,3)16-9-7-14-11-15-8-10-17(21(4,5)6)13-19(15)18(14)12-16;1-2-4-14(3-1)15-8-11-5-12(9-15)7-13(6-11)10-15;1-2-8-6-4-3-5-7-8;;;/h7,9-10,12-13H,11H2,1-6H3;1-4,11-13H,5-10H2;1,3-7H,2H2;2*1H;/q2*-1;;;;+2/p-2. The van der Waals surface area contributed by atoms with Crippen molar-refractivity contribution in [1.29, 1.82) is 0 Å². The van der Waals surface area contributed by atoms with Crippen molar-refractivity contribution in [1.82, 2.24) is 0 Å². The van der Waals surface area contributed by atoms with Gasteiger partial charge in [-0.15, -0.1) is 5.56 Å². The van der Waals surface area contributed by atoms with Crippen LogP contribution >= 0.6 is 0 Å². The molecule has 5 aliphatic carbocycles. The van der Waals surface area contributed by atoms with Gasteiger partial charge in [-0.05, 0) is 54.4 Å². The van der Waals surface area contributed by atoms with E-state index in [0.29, 0.717) is 5.41 Å². The first-order valence-corrected chi connectivity index (χ1v) is 18.8. The van der Waals surface area contributed by atoms with Crippen molar-refractivity contribution in [3.05, 3.63) is 124 Å². The van der Waals surface area contributed by atoms with Crippen molar-refractivity contribution in [2.45, 2.75) is 109 Å². The van der Waals surface area contributed by atoms with Gasteiger partial charge in [0.25, 0.3) is 0 Å². The summed E-state index contributed by atoms with van der Waals surface area (Å²) in [7, 11) is 0. The summed E-state index contributed by atoms with van der Waals surface area (Å²) in [5, 5.41) is 0. The Hall–Kier alpha value is -1.66. The number of fused-ring (bicyclic) bond motifs is 3. The molecule has 0 aromatic heterocycles. The van der Waals surface area contributed by atoms with E-state index in [-0.39, 0.29) is 35.6 Å². The SMILES string of the molecule is CC(C)(C)c1c[c-]c2c(c1)-c1cc(C(C)(C)C)ccc1C2.[Cl-].[Cl-].[Zr+2]=[CH]Cc1ccccc1.c1cc(C23CC4CC(CC(C4)C2)C3)c[cH-]1. The number of halogens is 2. The summed E-state index contributed by atoms with van der Waals surface area (Å²) in [6, 6.07) is 34.8. The summed E-state index contributed by atoms with van der Waals surface area (Å²) < 4.78 is 2.25. The van der Waals surface area contributed by atoms with Crippen LogP contribution in [0.1, 0.15) is 113 Å². The minimum absolute atomic E-state index is 0. The van der Waals surface area contributed by atoms with E-state index in [1.807, 2.05) is 6.07 Å². The first-order chi connectivity index (χ1) is 21.4. The van der Waals surface area contributed by atoms with Crippen LogP contribution in [-0.2, 0) is 53.3 Å². The maximum atomic E-state index is 3.53. The van der Waals surface area contributed by atoms with Gasteiger partial charge in [-0.2, -0.15) is 53.1 Å². The van der Waals surface area contributed by atoms with Crippen molar-refractivity contribution in [3.63, 3.8) is 0 Å². The molecule has 0 aliphatic heterocycles. The van der Waals surface area contributed by atoms with Gasteiger partial charge in [0.1, 0.15) is 0 Å². The van der Waals surface area contributed by atoms with Crippen LogP contribution < -0.4 is 24.8 Å². The summed E-state index contributed by atoms with van der Waals surface area (Å²) in [5.74, 6) is 3.23. The maximum absolute atomic E-state index is 3.53. The smallest absolute Gasteiger partial charge is 0.0411 e. The van der Waals surface area contributed by atoms with Gasteiger partial charge in [0.2, 0.25) is 0 Å². The second kappa shape index (κ2) is 15.5. The van der Waals surface area contributed by atoms with E-state index in [1.54, 1.807) is 24.8 Å². The Morgan fingerprint density at radius 3 is 1.91 bits per heavy atom. The first kappa shape index (κ1) is 38.1. The molecule has 3 heteroatoms. The van der Waals surface area contributed by atoms with E-state index in [2.05, 4.69) is 130 Å². The zero-order chi connectivity index (χ0) is 31.8. The third-order valence-electron chi connectivity index (χ3n) is 11.0. The van der Waals surface area contributed by atoms with Gasteiger partial charge in [-0.25, -0.2) is 6.07 Å². The van der Waals surface area contributed by atoms with Gasteiger partial charge in [0, 0.05) is 0 Å². The fourth-order valence-corrected chi connectivity index (χ4v) is 9.49. The largest absolute Gasteiger partial charge is 0.210 e. The fourth-order valence-electron chi connectivity index (χ4n) is 8.91. The topological polar surface area (TPSA) is 0 Å². The molecule has 47 heavy (non-hydrogen) atoms. The first-order valence-electron chi connectivity index (χ1n) is 17.4. The summed E-state index contributed by atoms with van der Waals surface area (Å²) in [5.41, 5.74) is 12.5. The van der Waals surface area contributed by atoms with Gasteiger partial charge in [-0.1, -0.05) is 101 Å². The minimum atomic E-state index is 0. The predicted molar refractivity (Wildman–Crippen MR) is 189 cm³/mol. The van der Waals surface area contributed by atoms with E-state index in [0.717, 1.165) is 30.6 Å². The number of benzene rings is 3. The predicted octanol–water partition coefficient (Wildman–Crippen LogP) is 5.11. The minimum Gasteiger partial charge on any atom is -0.210 e. The van der Waals surface area contributed by atoms with Crippen LogP contribution in [-0.4, -0.2) is 3.71 Å². The van der Waals surface area contributed by atoms with Crippen LogP contribution in [0.15, 0.2) is 84.9 Å². The average Bonchev–Trinajstić information content (AvgIpc) is 3.66. The Labute approximate surface area is 313 Å². The Bertz CT molecular complexity index is 1500. The monoisotopic (exact) mass is 740 g/mol. The van der Waals surface area contributed by atoms with Crippen LogP contribution in [0, 0.1) is 23.8 Å². The quantitative estimate of drug-likeness (QED) is 0.226. The van der Waals surface area contributed by atoms with E-state index in [4.69, 9.17) is 0 Å². The van der Waals surface area contributed by atoms with Crippen LogP contribution in [0.3, 0.4) is 0 Å². The molecule has 5 aliphatic rings. The Balaban J connectivity index is 0.000000168. The van der Waals surface area contributed by atoms with Crippen molar-refractivity contribution in [3.8, 4) is 11.1 Å². The van der Waals surface area contributed by atoms with Crippen LogP contribution in [0.25, 0.3) is 11.1 Å². The number of hydrogen-bond acceptors (Lipinski definition) is 0. The molecule has 0 saturated heterocycles. The molecule has 0 radical (unpaired) electrons. The average molecular weight is 743 g/mol. The van der Waals surface area contributed by atoms with E-state index < -0.39 is 0 Å². The number of hydrogen-bond donors (Lipinski definition) is 0. The fraction of sp³-hybridized carbons (Fsp3) is 0.455. The molecular formula is C44H52Cl2Zr-2. The summed E-state index contributed by atoms with van der Waals surface area (Å²) in [6.07, 6.45) is 11.3. The molecule has 4 bridgehead atoms. The molecule has 0 nitrogen and oxygen atoms in total. The van der Waals surface area contributed by atoms with Crippen LogP contribution in [0.2, 0.25) is 0 Å². The molecule has 4 saturated carbocycles. The molecule has 0 atom stereocenters. The molecule has 4 aromatic rings. The van der Waals surface area contributed by atoms with Gasteiger partial charge in [0.15, 0.2) is 0 Å². The van der Waals surface area contributed by atoms with E-state index in [1.165, 1.54) is 82.4 Å². The van der Waals surface area contributed by atoms with Crippen molar-refractivity contribution >= 4 is 3.71 Å². The van der Waals surface area contributed by atoms with Gasteiger partial charge >= 0.3 is 70.3 Å². The van der Waals surface area contributed by atoms with E-state index in [9.17, 15) is 0 Å². The van der Waals surface area contributed by atoms with Gasteiger partial charge < -0.3 is 24.8 Å². The Morgan fingerprint density at radius 1 is 0.787 bits per heavy atom.